The minimum absolute atomic E-state index is 0.266. The van der Waals surface area contributed by atoms with Crippen LogP contribution in [0.1, 0.15) is 12.0 Å². The Morgan fingerprint density at radius 3 is 2.62 bits per heavy atom. The lowest BCUT2D eigenvalue weighted by Crippen LogP contribution is -2.14. The Bertz CT molecular complexity index is 410. The molecule has 0 saturated carbocycles. The molecule has 6 heteroatoms. The van der Waals surface area contributed by atoms with E-state index in [1.165, 1.54) is 18.2 Å². The summed E-state index contributed by atoms with van der Waals surface area (Å²) in [7, 11) is 0. The fraction of sp³-hybridized carbons (Fsp3) is 0.300. The predicted octanol–water partition coefficient (Wildman–Crippen LogP) is 3.58. The normalized spacial score (nSPS) is 10.9. The number of hydrogen-bond acceptors (Lipinski definition) is 2. The van der Waals surface area contributed by atoms with E-state index in [1.807, 2.05) is 6.07 Å². The van der Waals surface area contributed by atoms with Crippen LogP contribution in [0.4, 0.5) is 18.9 Å². The molecule has 1 rings (SSSR count). The first-order chi connectivity index (χ1) is 7.42. The van der Waals surface area contributed by atoms with Crippen LogP contribution in [-0.2, 0) is 0 Å². The lowest BCUT2D eigenvalue weighted by Gasteiger charge is -2.10. The molecule has 1 aromatic carbocycles. The van der Waals surface area contributed by atoms with Gasteiger partial charge in [-0.15, -0.1) is 0 Å². The van der Waals surface area contributed by atoms with Gasteiger partial charge in [0.1, 0.15) is 0 Å². The van der Waals surface area contributed by atoms with Crippen molar-refractivity contribution < 1.29 is 13.2 Å². The van der Waals surface area contributed by atoms with E-state index in [9.17, 15) is 13.2 Å². The summed E-state index contributed by atoms with van der Waals surface area (Å²) in [5.74, 6) is 0. The third-order valence-electron chi connectivity index (χ3n) is 1.82. The van der Waals surface area contributed by atoms with Crippen LogP contribution in [-0.4, -0.2) is 12.7 Å². The van der Waals surface area contributed by atoms with Gasteiger partial charge >= 0.3 is 6.18 Å². The van der Waals surface area contributed by atoms with Crippen LogP contribution in [0.5, 0.6) is 0 Å². The third kappa shape index (κ3) is 3.99. The molecular formula is C10H8ClF3N2. The van der Waals surface area contributed by atoms with Gasteiger partial charge in [-0.1, -0.05) is 11.6 Å². The fourth-order valence-electron chi connectivity index (χ4n) is 1.07. The fourth-order valence-corrected chi connectivity index (χ4v) is 1.25. The first-order valence-electron chi connectivity index (χ1n) is 4.42. The van der Waals surface area contributed by atoms with Gasteiger partial charge in [-0.3, -0.25) is 0 Å². The lowest BCUT2D eigenvalue weighted by atomic mass is 10.2. The van der Waals surface area contributed by atoms with E-state index in [-0.39, 0.29) is 6.54 Å². The van der Waals surface area contributed by atoms with Crippen LogP contribution >= 0.6 is 11.6 Å². The maximum Gasteiger partial charge on any atom is 0.390 e. The first-order valence-corrected chi connectivity index (χ1v) is 4.80. The molecule has 86 valence electrons. The SMILES string of the molecule is N#Cc1ccc(Cl)c(NCCC(F)(F)F)c1. The molecule has 0 saturated heterocycles. The number of anilines is 1. The number of halogens is 4. The van der Waals surface area contributed by atoms with Crippen LogP contribution in [0.15, 0.2) is 18.2 Å². The zero-order chi connectivity index (χ0) is 12.2. The highest BCUT2D eigenvalue weighted by Crippen LogP contribution is 2.24. The molecule has 1 aromatic rings. The van der Waals surface area contributed by atoms with Crippen molar-refractivity contribution in [3.63, 3.8) is 0 Å². The van der Waals surface area contributed by atoms with E-state index in [2.05, 4.69) is 5.32 Å². The molecule has 0 amide bonds. The summed E-state index contributed by atoms with van der Waals surface area (Å²) in [6, 6.07) is 6.26. The largest absolute Gasteiger partial charge is 0.390 e. The summed E-state index contributed by atoms with van der Waals surface area (Å²) in [6.07, 6.45) is -5.15. The summed E-state index contributed by atoms with van der Waals surface area (Å²) in [4.78, 5) is 0. The standard InChI is InChI=1S/C10H8ClF3N2/c11-8-2-1-7(6-15)5-9(8)16-4-3-10(12,13)14/h1-2,5,16H,3-4H2. The van der Waals surface area contributed by atoms with E-state index in [1.54, 1.807) is 0 Å². The van der Waals surface area contributed by atoms with Crippen molar-refractivity contribution in [2.75, 3.05) is 11.9 Å². The highest BCUT2D eigenvalue weighted by Gasteiger charge is 2.26. The Hall–Kier alpha value is -1.41. The van der Waals surface area contributed by atoms with Crippen LogP contribution in [0, 0.1) is 11.3 Å². The van der Waals surface area contributed by atoms with Gasteiger partial charge in [-0.25, -0.2) is 0 Å². The molecule has 0 unspecified atom stereocenters. The zero-order valence-electron chi connectivity index (χ0n) is 8.11. The highest BCUT2D eigenvalue weighted by molar-refractivity contribution is 6.33. The topological polar surface area (TPSA) is 35.8 Å². The van der Waals surface area contributed by atoms with Gasteiger partial charge in [0.15, 0.2) is 0 Å². The van der Waals surface area contributed by atoms with E-state index in [0.29, 0.717) is 16.3 Å². The van der Waals surface area contributed by atoms with E-state index >= 15 is 0 Å². The molecule has 0 radical (unpaired) electrons. The molecule has 1 N–H and O–H groups in total. The van der Waals surface area contributed by atoms with Crippen molar-refractivity contribution in [1.82, 2.24) is 0 Å². The molecule has 0 aromatic heterocycles. The minimum Gasteiger partial charge on any atom is -0.383 e. The monoisotopic (exact) mass is 248 g/mol. The Balaban J connectivity index is 2.64. The summed E-state index contributed by atoms with van der Waals surface area (Å²) in [6.45, 7) is -0.266. The summed E-state index contributed by atoms with van der Waals surface area (Å²) >= 11 is 5.75. The van der Waals surface area contributed by atoms with Crippen molar-refractivity contribution in [2.45, 2.75) is 12.6 Å². The smallest absolute Gasteiger partial charge is 0.383 e. The van der Waals surface area contributed by atoms with E-state index in [0.717, 1.165) is 0 Å². The molecule has 0 atom stereocenters. The molecular weight excluding hydrogens is 241 g/mol. The van der Waals surface area contributed by atoms with E-state index < -0.39 is 12.6 Å². The van der Waals surface area contributed by atoms with Crippen molar-refractivity contribution >= 4 is 17.3 Å². The van der Waals surface area contributed by atoms with Gasteiger partial charge < -0.3 is 5.32 Å². The van der Waals surface area contributed by atoms with Crippen LogP contribution in [0.2, 0.25) is 5.02 Å². The van der Waals surface area contributed by atoms with Crippen LogP contribution in [0.25, 0.3) is 0 Å². The number of nitriles is 1. The van der Waals surface area contributed by atoms with Gasteiger partial charge in [0.05, 0.1) is 28.8 Å². The third-order valence-corrected chi connectivity index (χ3v) is 2.15. The second-order valence-electron chi connectivity index (χ2n) is 3.10. The molecule has 0 heterocycles. The van der Waals surface area contributed by atoms with Gasteiger partial charge in [-0.05, 0) is 18.2 Å². The molecule has 0 bridgehead atoms. The second kappa shape index (κ2) is 5.08. The minimum atomic E-state index is -4.20. The highest BCUT2D eigenvalue weighted by atomic mass is 35.5. The quantitative estimate of drug-likeness (QED) is 0.888. The number of benzene rings is 1. The molecule has 2 nitrogen and oxygen atoms in total. The number of alkyl halides is 3. The Morgan fingerprint density at radius 1 is 1.38 bits per heavy atom. The predicted molar refractivity (Wildman–Crippen MR) is 55.3 cm³/mol. The number of nitrogens with one attached hydrogen (secondary N) is 1. The van der Waals surface area contributed by atoms with Gasteiger partial charge in [-0.2, -0.15) is 18.4 Å². The summed E-state index contributed by atoms with van der Waals surface area (Å²) < 4.78 is 35.6. The molecule has 0 aliphatic heterocycles. The summed E-state index contributed by atoms with van der Waals surface area (Å²) in [5.41, 5.74) is 0.684. The first kappa shape index (κ1) is 12.7. The van der Waals surface area contributed by atoms with Crippen LogP contribution in [0.3, 0.4) is 0 Å². The second-order valence-corrected chi connectivity index (χ2v) is 3.51. The average Bonchev–Trinajstić information content (AvgIpc) is 2.19. The number of nitrogens with zero attached hydrogens (tertiary/aromatic N) is 1. The number of hydrogen-bond donors (Lipinski definition) is 1. The van der Waals surface area contributed by atoms with Gasteiger partial charge in [0.25, 0.3) is 0 Å². The maximum atomic E-state index is 11.9. The zero-order valence-corrected chi connectivity index (χ0v) is 8.86. The van der Waals surface area contributed by atoms with Crippen molar-refractivity contribution in [1.29, 1.82) is 5.26 Å². The van der Waals surface area contributed by atoms with Crippen molar-refractivity contribution in [3.05, 3.63) is 28.8 Å². The van der Waals surface area contributed by atoms with Crippen molar-refractivity contribution in [3.8, 4) is 6.07 Å². The molecule has 0 spiro atoms. The van der Waals surface area contributed by atoms with E-state index in [4.69, 9.17) is 16.9 Å². The summed E-state index contributed by atoms with van der Waals surface area (Å²) in [5, 5.41) is 11.4. The molecule has 16 heavy (non-hydrogen) atoms. The average molecular weight is 249 g/mol. The Kier molecular flexibility index (Phi) is 4.02. The number of rotatable bonds is 3. The molecule has 0 aliphatic rings. The molecule has 0 aliphatic carbocycles. The molecule has 0 fully saturated rings. The van der Waals surface area contributed by atoms with Gasteiger partial charge in [0, 0.05) is 6.54 Å². The van der Waals surface area contributed by atoms with Crippen LogP contribution < -0.4 is 5.32 Å². The maximum absolute atomic E-state index is 11.9. The van der Waals surface area contributed by atoms with Gasteiger partial charge in [0.2, 0.25) is 0 Å². The lowest BCUT2D eigenvalue weighted by molar-refractivity contribution is -0.131. The van der Waals surface area contributed by atoms with Crippen molar-refractivity contribution in [2.24, 2.45) is 0 Å². The Labute approximate surface area is 95.6 Å². The Morgan fingerprint density at radius 2 is 2.06 bits per heavy atom.